The van der Waals surface area contributed by atoms with Crippen LogP contribution in [0.3, 0.4) is 0 Å². The summed E-state index contributed by atoms with van der Waals surface area (Å²) in [5.41, 5.74) is 5.67. The normalized spacial score (nSPS) is 11.3. The molecule has 1 aromatic heterocycles. The van der Waals surface area contributed by atoms with E-state index in [4.69, 9.17) is 5.73 Å². The smallest absolute Gasteiger partial charge is 0.146 e. The second-order valence-electron chi connectivity index (χ2n) is 4.70. The Bertz CT molecular complexity index is 304. The summed E-state index contributed by atoms with van der Waals surface area (Å²) in [6.07, 6.45) is 4.71. The summed E-state index contributed by atoms with van der Waals surface area (Å²) in [5, 5.41) is 8.40. The molecule has 0 aromatic carbocycles. The van der Waals surface area contributed by atoms with Crippen LogP contribution in [0.5, 0.6) is 0 Å². The van der Waals surface area contributed by atoms with E-state index in [1.165, 1.54) is 19.3 Å². The maximum absolute atomic E-state index is 5.67. The number of rotatable bonds is 7. The van der Waals surface area contributed by atoms with E-state index in [1.807, 2.05) is 0 Å². The fourth-order valence-corrected chi connectivity index (χ4v) is 1.82. The first-order valence-electron chi connectivity index (χ1n) is 6.30. The molecule has 0 saturated heterocycles. The Balaban J connectivity index is 2.70. The lowest BCUT2D eigenvalue weighted by Gasteiger charge is -2.11. The van der Waals surface area contributed by atoms with E-state index in [2.05, 4.69) is 35.5 Å². The van der Waals surface area contributed by atoms with E-state index in [9.17, 15) is 0 Å². The number of aromatic nitrogens is 3. The van der Waals surface area contributed by atoms with Gasteiger partial charge in [0.15, 0.2) is 0 Å². The molecule has 0 unspecified atom stereocenters. The molecule has 0 radical (unpaired) electrons. The van der Waals surface area contributed by atoms with Crippen LogP contribution >= 0.6 is 0 Å². The van der Waals surface area contributed by atoms with Crippen molar-refractivity contribution < 1.29 is 0 Å². The predicted molar refractivity (Wildman–Crippen MR) is 66.0 cm³/mol. The molecule has 16 heavy (non-hydrogen) atoms. The fraction of sp³-hybridized carbons (Fsp3) is 0.833. The van der Waals surface area contributed by atoms with Crippen LogP contribution in [0.1, 0.15) is 51.7 Å². The predicted octanol–water partition coefficient (Wildman–Crippen LogP) is 2.13. The maximum Gasteiger partial charge on any atom is 0.146 e. The van der Waals surface area contributed by atoms with Crippen LogP contribution in [0.2, 0.25) is 0 Å². The first kappa shape index (κ1) is 13.2. The molecule has 92 valence electrons. The van der Waals surface area contributed by atoms with Gasteiger partial charge in [0, 0.05) is 13.0 Å². The molecule has 0 aliphatic rings. The largest absolute Gasteiger partial charge is 0.324 e. The Hall–Kier alpha value is -0.900. The zero-order valence-corrected chi connectivity index (χ0v) is 10.7. The monoisotopic (exact) mass is 224 g/mol. The molecule has 0 atom stereocenters. The molecule has 1 rings (SSSR count). The molecule has 4 heteroatoms. The standard InChI is InChI=1S/C12H24N4/c1-4-5-6-7-11-14-15-12(8-13)16(11)9-10(2)3/h10H,4-9,13H2,1-3H3. The van der Waals surface area contributed by atoms with Gasteiger partial charge in [-0.15, -0.1) is 10.2 Å². The molecule has 1 aromatic rings. The number of nitrogens with two attached hydrogens (primary N) is 1. The number of hydrogen-bond acceptors (Lipinski definition) is 3. The number of hydrogen-bond donors (Lipinski definition) is 1. The van der Waals surface area contributed by atoms with Gasteiger partial charge in [-0.05, 0) is 12.3 Å². The van der Waals surface area contributed by atoms with Crippen LogP contribution in [-0.2, 0) is 19.5 Å². The minimum Gasteiger partial charge on any atom is -0.324 e. The van der Waals surface area contributed by atoms with Gasteiger partial charge in [0.05, 0.1) is 6.54 Å². The molecular weight excluding hydrogens is 200 g/mol. The van der Waals surface area contributed by atoms with Gasteiger partial charge in [0.2, 0.25) is 0 Å². The van der Waals surface area contributed by atoms with Crippen molar-refractivity contribution in [2.24, 2.45) is 11.7 Å². The van der Waals surface area contributed by atoms with Crippen molar-refractivity contribution in [1.29, 1.82) is 0 Å². The molecule has 2 N–H and O–H groups in total. The third-order valence-corrected chi connectivity index (χ3v) is 2.64. The zero-order valence-electron chi connectivity index (χ0n) is 10.7. The topological polar surface area (TPSA) is 56.7 Å². The highest BCUT2D eigenvalue weighted by Crippen LogP contribution is 2.10. The van der Waals surface area contributed by atoms with Crippen LogP contribution in [0.15, 0.2) is 0 Å². The summed E-state index contributed by atoms with van der Waals surface area (Å²) in [6.45, 7) is 8.07. The van der Waals surface area contributed by atoms with Gasteiger partial charge in [-0.3, -0.25) is 0 Å². The summed E-state index contributed by atoms with van der Waals surface area (Å²) in [4.78, 5) is 0. The van der Waals surface area contributed by atoms with Gasteiger partial charge in [-0.25, -0.2) is 0 Å². The van der Waals surface area contributed by atoms with E-state index in [1.54, 1.807) is 0 Å². The lowest BCUT2D eigenvalue weighted by atomic mass is 10.2. The molecule has 0 bridgehead atoms. The third kappa shape index (κ3) is 3.59. The summed E-state index contributed by atoms with van der Waals surface area (Å²) < 4.78 is 2.19. The average molecular weight is 224 g/mol. The lowest BCUT2D eigenvalue weighted by Crippen LogP contribution is -2.14. The van der Waals surface area contributed by atoms with Gasteiger partial charge in [-0.1, -0.05) is 33.6 Å². The van der Waals surface area contributed by atoms with Gasteiger partial charge < -0.3 is 10.3 Å². The molecule has 0 amide bonds. The van der Waals surface area contributed by atoms with E-state index in [-0.39, 0.29) is 0 Å². The van der Waals surface area contributed by atoms with E-state index in [0.29, 0.717) is 12.5 Å². The van der Waals surface area contributed by atoms with E-state index >= 15 is 0 Å². The molecule has 0 aliphatic carbocycles. The Morgan fingerprint density at radius 2 is 1.88 bits per heavy atom. The summed E-state index contributed by atoms with van der Waals surface area (Å²) in [5.74, 6) is 2.62. The van der Waals surface area contributed by atoms with Crippen LogP contribution < -0.4 is 5.73 Å². The van der Waals surface area contributed by atoms with Crippen LogP contribution in [0.25, 0.3) is 0 Å². The molecule has 1 heterocycles. The highest BCUT2D eigenvalue weighted by atomic mass is 15.3. The molecule has 0 spiro atoms. The van der Waals surface area contributed by atoms with Crippen molar-refractivity contribution in [2.75, 3.05) is 0 Å². The van der Waals surface area contributed by atoms with Crippen LogP contribution in [-0.4, -0.2) is 14.8 Å². The molecular formula is C12H24N4. The lowest BCUT2D eigenvalue weighted by molar-refractivity contribution is 0.488. The van der Waals surface area contributed by atoms with Crippen LogP contribution in [0.4, 0.5) is 0 Å². The molecule has 0 fully saturated rings. The Kier molecular flexibility index (Phi) is 5.46. The van der Waals surface area contributed by atoms with Crippen molar-refractivity contribution in [3.8, 4) is 0 Å². The Morgan fingerprint density at radius 1 is 1.19 bits per heavy atom. The second kappa shape index (κ2) is 6.63. The van der Waals surface area contributed by atoms with Gasteiger partial charge in [0.1, 0.15) is 11.6 Å². The molecule has 0 aliphatic heterocycles. The van der Waals surface area contributed by atoms with Gasteiger partial charge in [-0.2, -0.15) is 0 Å². The van der Waals surface area contributed by atoms with Crippen molar-refractivity contribution >= 4 is 0 Å². The second-order valence-corrected chi connectivity index (χ2v) is 4.70. The minimum atomic E-state index is 0.480. The van der Waals surface area contributed by atoms with Crippen molar-refractivity contribution in [2.45, 2.75) is 59.5 Å². The first-order valence-corrected chi connectivity index (χ1v) is 6.30. The first-order chi connectivity index (χ1) is 7.69. The zero-order chi connectivity index (χ0) is 12.0. The van der Waals surface area contributed by atoms with Gasteiger partial charge in [0.25, 0.3) is 0 Å². The fourth-order valence-electron chi connectivity index (χ4n) is 1.82. The minimum absolute atomic E-state index is 0.480. The van der Waals surface area contributed by atoms with Crippen molar-refractivity contribution in [3.05, 3.63) is 11.6 Å². The van der Waals surface area contributed by atoms with E-state index in [0.717, 1.165) is 24.6 Å². The van der Waals surface area contributed by atoms with Crippen molar-refractivity contribution in [3.63, 3.8) is 0 Å². The van der Waals surface area contributed by atoms with Crippen LogP contribution in [0, 0.1) is 5.92 Å². The number of nitrogens with zero attached hydrogens (tertiary/aromatic N) is 3. The molecule has 4 nitrogen and oxygen atoms in total. The summed E-state index contributed by atoms with van der Waals surface area (Å²) >= 11 is 0. The quantitative estimate of drug-likeness (QED) is 0.722. The Morgan fingerprint density at radius 3 is 2.44 bits per heavy atom. The average Bonchev–Trinajstić information content (AvgIpc) is 2.61. The number of aryl methyl sites for hydroxylation is 1. The Labute approximate surface area is 98.2 Å². The SMILES string of the molecule is CCCCCc1nnc(CN)n1CC(C)C. The third-order valence-electron chi connectivity index (χ3n) is 2.64. The summed E-state index contributed by atoms with van der Waals surface area (Å²) in [6, 6.07) is 0. The number of unbranched alkanes of at least 4 members (excludes halogenated alkanes) is 2. The summed E-state index contributed by atoms with van der Waals surface area (Å²) in [7, 11) is 0. The maximum atomic E-state index is 5.67. The van der Waals surface area contributed by atoms with Crippen molar-refractivity contribution in [1.82, 2.24) is 14.8 Å². The van der Waals surface area contributed by atoms with E-state index < -0.39 is 0 Å². The highest BCUT2D eigenvalue weighted by molar-refractivity contribution is 4.96. The molecule has 0 saturated carbocycles. The highest BCUT2D eigenvalue weighted by Gasteiger charge is 2.11. The van der Waals surface area contributed by atoms with Gasteiger partial charge >= 0.3 is 0 Å².